The van der Waals surface area contributed by atoms with Gasteiger partial charge in [0, 0.05) is 9.50 Å². The van der Waals surface area contributed by atoms with Gasteiger partial charge in [-0.2, -0.15) is 0 Å². The first-order chi connectivity index (χ1) is 13.7. The maximum Gasteiger partial charge on any atom is 0.276 e. The molecule has 2 rings (SSSR count). The van der Waals surface area contributed by atoms with Gasteiger partial charge < -0.3 is 9.47 Å². The Balaban J connectivity index is 1.68. The number of rotatable bonds is 6. The summed E-state index contributed by atoms with van der Waals surface area (Å²) in [7, 11) is 0. The van der Waals surface area contributed by atoms with Crippen LogP contribution in [0.2, 0.25) is 10.0 Å². The van der Waals surface area contributed by atoms with Gasteiger partial charge in [0.05, 0.1) is 5.02 Å². The first kappa shape index (κ1) is 23.2. The minimum absolute atomic E-state index is 0.103. The number of nitrogens with one attached hydrogen (secondary N) is 3. The van der Waals surface area contributed by atoms with Crippen molar-refractivity contribution in [2.45, 2.75) is 6.92 Å². The van der Waals surface area contributed by atoms with Crippen LogP contribution in [0.4, 0.5) is 0 Å². The molecule has 0 heterocycles. The highest BCUT2D eigenvalue weighted by atomic mass is 79.9. The molecule has 2 amide bonds. The van der Waals surface area contributed by atoms with E-state index in [0.717, 1.165) is 10.0 Å². The Morgan fingerprint density at radius 1 is 1.00 bits per heavy atom. The second-order valence-corrected chi connectivity index (χ2v) is 7.78. The van der Waals surface area contributed by atoms with E-state index >= 15 is 0 Å². The van der Waals surface area contributed by atoms with E-state index in [4.69, 9.17) is 44.9 Å². The molecule has 0 aromatic heterocycles. The summed E-state index contributed by atoms with van der Waals surface area (Å²) in [6.07, 6.45) is 0. The third-order valence-electron chi connectivity index (χ3n) is 3.32. The largest absolute Gasteiger partial charge is 0.483 e. The lowest BCUT2D eigenvalue weighted by molar-refractivity contribution is -0.124. The van der Waals surface area contributed by atoms with Gasteiger partial charge in [0.25, 0.3) is 11.8 Å². The average Bonchev–Trinajstić information content (AvgIpc) is 2.65. The zero-order valence-electron chi connectivity index (χ0n) is 15.1. The minimum atomic E-state index is -0.537. The molecule has 154 valence electrons. The van der Waals surface area contributed by atoms with Gasteiger partial charge in [0.1, 0.15) is 11.5 Å². The molecule has 2 aromatic rings. The van der Waals surface area contributed by atoms with Crippen LogP contribution in [0.5, 0.6) is 11.5 Å². The Hall–Kier alpha value is -2.07. The SMILES string of the molecule is Cc1cc(Br)ccc1OCC(=O)NNC(=S)NC(=O)COc1ccc(Cl)cc1Cl. The van der Waals surface area contributed by atoms with Crippen LogP contribution in [0.1, 0.15) is 5.56 Å². The van der Waals surface area contributed by atoms with E-state index in [1.807, 2.05) is 19.1 Å². The predicted molar refractivity (Wildman–Crippen MR) is 118 cm³/mol. The molecule has 0 radical (unpaired) electrons. The van der Waals surface area contributed by atoms with E-state index in [2.05, 4.69) is 32.1 Å². The minimum Gasteiger partial charge on any atom is -0.483 e. The van der Waals surface area contributed by atoms with E-state index in [9.17, 15) is 9.59 Å². The summed E-state index contributed by atoms with van der Waals surface area (Å²) in [5.74, 6) is -0.131. The van der Waals surface area contributed by atoms with Crippen LogP contribution < -0.4 is 25.6 Å². The number of halogens is 3. The van der Waals surface area contributed by atoms with E-state index in [1.54, 1.807) is 18.2 Å². The van der Waals surface area contributed by atoms with E-state index in [1.165, 1.54) is 6.07 Å². The van der Waals surface area contributed by atoms with Crippen molar-refractivity contribution >= 4 is 68.3 Å². The highest BCUT2D eigenvalue weighted by Gasteiger charge is 2.10. The summed E-state index contributed by atoms with van der Waals surface area (Å²) in [4.78, 5) is 23.7. The van der Waals surface area contributed by atoms with Crippen molar-refractivity contribution < 1.29 is 19.1 Å². The van der Waals surface area contributed by atoms with Crippen molar-refractivity contribution in [1.82, 2.24) is 16.2 Å². The van der Waals surface area contributed by atoms with Crippen LogP contribution in [-0.4, -0.2) is 30.1 Å². The van der Waals surface area contributed by atoms with E-state index in [0.29, 0.717) is 16.5 Å². The molecule has 0 aliphatic rings. The van der Waals surface area contributed by atoms with E-state index in [-0.39, 0.29) is 23.3 Å². The summed E-state index contributed by atoms with van der Waals surface area (Å²) < 4.78 is 11.6. The number of carbonyl (C=O) groups excluding carboxylic acids is 2. The number of benzene rings is 2. The second-order valence-electron chi connectivity index (χ2n) is 5.61. The number of thiocarbonyl (C=S) groups is 1. The highest BCUT2D eigenvalue weighted by molar-refractivity contribution is 9.10. The van der Waals surface area contributed by atoms with Gasteiger partial charge in [-0.3, -0.25) is 25.8 Å². The van der Waals surface area contributed by atoms with Gasteiger partial charge in [-0.1, -0.05) is 39.1 Å². The molecular formula is C18H16BrCl2N3O4S. The summed E-state index contributed by atoms with van der Waals surface area (Å²) >= 11 is 20.0. The summed E-state index contributed by atoms with van der Waals surface area (Å²) in [5.41, 5.74) is 5.60. The Labute approximate surface area is 191 Å². The zero-order valence-corrected chi connectivity index (χ0v) is 19.0. The van der Waals surface area contributed by atoms with Gasteiger partial charge in [-0.15, -0.1) is 0 Å². The Bertz CT molecular complexity index is 930. The summed E-state index contributed by atoms with van der Waals surface area (Å²) in [5, 5.41) is 2.98. The number of amides is 2. The maximum absolute atomic E-state index is 11.9. The molecule has 3 N–H and O–H groups in total. The van der Waals surface area contributed by atoms with Crippen LogP contribution >= 0.6 is 51.3 Å². The lowest BCUT2D eigenvalue weighted by Crippen LogP contribution is -2.50. The van der Waals surface area contributed by atoms with Crippen molar-refractivity contribution in [2.24, 2.45) is 0 Å². The smallest absolute Gasteiger partial charge is 0.276 e. The fourth-order valence-electron chi connectivity index (χ4n) is 2.01. The van der Waals surface area contributed by atoms with Gasteiger partial charge in [0.15, 0.2) is 18.3 Å². The van der Waals surface area contributed by atoms with Gasteiger partial charge in [-0.05, 0) is 61.1 Å². The van der Waals surface area contributed by atoms with Gasteiger partial charge in [0.2, 0.25) is 0 Å². The van der Waals surface area contributed by atoms with Crippen LogP contribution in [-0.2, 0) is 9.59 Å². The number of hydrazine groups is 1. The fourth-order valence-corrected chi connectivity index (χ4v) is 3.11. The van der Waals surface area contributed by atoms with Crippen LogP contribution in [0.3, 0.4) is 0 Å². The van der Waals surface area contributed by atoms with Crippen molar-refractivity contribution in [3.8, 4) is 11.5 Å². The number of hydrogen-bond acceptors (Lipinski definition) is 5. The normalized spacial score (nSPS) is 10.1. The number of carbonyl (C=O) groups is 2. The zero-order chi connectivity index (χ0) is 21.4. The van der Waals surface area contributed by atoms with Crippen molar-refractivity contribution in [2.75, 3.05) is 13.2 Å². The molecule has 0 atom stereocenters. The third kappa shape index (κ3) is 8.06. The van der Waals surface area contributed by atoms with Crippen LogP contribution in [0.15, 0.2) is 40.9 Å². The Morgan fingerprint density at radius 2 is 1.66 bits per heavy atom. The lowest BCUT2D eigenvalue weighted by Gasteiger charge is -2.13. The first-order valence-electron chi connectivity index (χ1n) is 8.10. The molecule has 2 aromatic carbocycles. The molecule has 7 nitrogen and oxygen atoms in total. The quantitative estimate of drug-likeness (QED) is 0.399. The molecule has 11 heteroatoms. The van der Waals surface area contributed by atoms with Crippen molar-refractivity contribution in [3.63, 3.8) is 0 Å². The van der Waals surface area contributed by atoms with Crippen molar-refractivity contribution in [1.29, 1.82) is 0 Å². The second kappa shape index (κ2) is 11.2. The van der Waals surface area contributed by atoms with E-state index < -0.39 is 11.8 Å². The first-order valence-corrected chi connectivity index (χ1v) is 10.1. The fraction of sp³-hybridized carbons (Fsp3) is 0.167. The number of hydrogen-bond donors (Lipinski definition) is 3. The molecule has 29 heavy (non-hydrogen) atoms. The Morgan fingerprint density at radius 3 is 2.34 bits per heavy atom. The standard InChI is InChI=1S/C18H16BrCl2N3O4S/c1-10-6-11(19)2-4-14(10)27-9-17(26)23-24-18(29)22-16(25)8-28-15-5-3-12(20)7-13(15)21/h2-7H,8-9H2,1H3,(H,23,26)(H2,22,24,25,29). The lowest BCUT2D eigenvalue weighted by atomic mass is 10.2. The van der Waals surface area contributed by atoms with Gasteiger partial charge in [-0.25, -0.2) is 0 Å². The van der Waals surface area contributed by atoms with Crippen LogP contribution in [0.25, 0.3) is 0 Å². The molecule has 0 unspecified atom stereocenters. The number of ether oxygens (including phenoxy) is 2. The predicted octanol–water partition coefficient (Wildman–Crippen LogP) is 3.54. The molecule has 0 saturated carbocycles. The summed E-state index contributed by atoms with van der Waals surface area (Å²) in [6, 6.07) is 10.0. The molecule has 0 aliphatic carbocycles. The molecule has 0 bridgehead atoms. The topological polar surface area (TPSA) is 88.7 Å². The molecule has 0 fully saturated rings. The molecule has 0 saturated heterocycles. The highest BCUT2D eigenvalue weighted by Crippen LogP contribution is 2.27. The Kier molecular flexibility index (Phi) is 8.97. The maximum atomic E-state index is 11.9. The summed E-state index contributed by atoms with van der Waals surface area (Å²) in [6.45, 7) is 1.30. The van der Waals surface area contributed by atoms with Crippen LogP contribution in [0, 0.1) is 6.92 Å². The monoisotopic (exact) mass is 519 g/mol. The molecular weight excluding hydrogens is 505 g/mol. The molecule has 0 aliphatic heterocycles. The van der Waals surface area contributed by atoms with Gasteiger partial charge >= 0.3 is 0 Å². The van der Waals surface area contributed by atoms with Crippen molar-refractivity contribution in [3.05, 3.63) is 56.5 Å². The molecule has 0 spiro atoms. The number of aryl methyl sites for hydroxylation is 1. The average molecular weight is 521 g/mol. The third-order valence-corrected chi connectivity index (χ3v) is 4.54.